The molecule has 0 aromatic heterocycles. The van der Waals surface area contributed by atoms with Crippen LogP contribution in [0.5, 0.6) is 0 Å². The lowest BCUT2D eigenvalue weighted by atomic mass is 9.71. The topological polar surface area (TPSA) is 29.5 Å². The molecule has 2 atom stereocenters. The fourth-order valence-electron chi connectivity index (χ4n) is 3.53. The second kappa shape index (κ2) is 7.28. The van der Waals surface area contributed by atoms with Crippen LogP contribution in [0, 0.1) is 11.8 Å². The standard InChI is InChI=1S/C16H31NO2/c1-6-19-15(18)12-16(17(4)5)9-7-8-14(11-16)10-13(2)3/h13-14H,6-12H2,1-5H3. The maximum absolute atomic E-state index is 11.9. The summed E-state index contributed by atoms with van der Waals surface area (Å²) in [4.78, 5) is 14.2. The molecular formula is C16H31NO2. The van der Waals surface area contributed by atoms with E-state index in [-0.39, 0.29) is 11.5 Å². The number of carbonyl (C=O) groups excluding carboxylic acids is 1. The van der Waals surface area contributed by atoms with Crippen molar-refractivity contribution in [2.24, 2.45) is 11.8 Å². The molecule has 0 heterocycles. The Bertz CT molecular complexity index is 288. The van der Waals surface area contributed by atoms with Crippen LogP contribution in [0.4, 0.5) is 0 Å². The van der Waals surface area contributed by atoms with Gasteiger partial charge in [0, 0.05) is 5.54 Å². The van der Waals surface area contributed by atoms with Gasteiger partial charge in [-0.3, -0.25) is 4.79 Å². The molecule has 0 spiro atoms. The van der Waals surface area contributed by atoms with Crippen LogP contribution in [0.25, 0.3) is 0 Å². The highest BCUT2D eigenvalue weighted by Gasteiger charge is 2.40. The summed E-state index contributed by atoms with van der Waals surface area (Å²) in [5, 5.41) is 0. The molecule has 1 rings (SSSR count). The molecule has 3 nitrogen and oxygen atoms in total. The zero-order chi connectivity index (χ0) is 14.5. The predicted molar refractivity (Wildman–Crippen MR) is 79.1 cm³/mol. The van der Waals surface area contributed by atoms with E-state index in [9.17, 15) is 4.79 Å². The Labute approximate surface area is 118 Å². The number of nitrogens with zero attached hydrogens (tertiary/aromatic N) is 1. The molecule has 1 saturated carbocycles. The first-order chi connectivity index (χ1) is 8.89. The highest BCUT2D eigenvalue weighted by atomic mass is 16.5. The third-order valence-corrected chi connectivity index (χ3v) is 4.46. The Morgan fingerprint density at radius 3 is 2.63 bits per heavy atom. The molecule has 1 aliphatic rings. The van der Waals surface area contributed by atoms with Gasteiger partial charge < -0.3 is 9.64 Å². The summed E-state index contributed by atoms with van der Waals surface area (Å²) in [6.45, 7) is 6.94. The van der Waals surface area contributed by atoms with Crippen molar-refractivity contribution in [3.63, 3.8) is 0 Å². The minimum Gasteiger partial charge on any atom is -0.466 e. The molecule has 0 aromatic carbocycles. The summed E-state index contributed by atoms with van der Waals surface area (Å²) in [7, 11) is 4.22. The zero-order valence-electron chi connectivity index (χ0n) is 13.4. The molecule has 0 amide bonds. The summed E-state index contributed by atoms with van der Waals surface area (Å²) in [5.41, 5.74) is 0.0179. The quantitative estimate of drug-likeness (QED) is 0.691. The van der Waals surface area contributed by atoms with Crippen molar-refractivity contribution in [3.05, 3.63) is 0 Å². The molecule has 0 bridgehead atoms. The number of esters is 1. The van der Waals surface area contributed by atoms with Crippen LogP contribution in [0.3, 0.4) is 0 Å². The van der Waals surface area contributed by atoms with Crippen molar-refractivity contribution in [3.8, 4) is 0 Å². The van der Waals surface area contributed by atoms with Crippen molar-refractivity contribution >= 4 is 5.97 Å². The first-order valence-corrected chi connectivity index (χ1v) is 7.72. The molecule has 112 valence electrons. The Hall–Kier alpha value is -0.570. The fourth-order valence-corrected chi connectivity index (χ4v) is 3.53. The van der Waals surface area contributed by atoms with Crippen LogP contribution in [0.2, 0.25) is 0 Å². The van der Waals surface area contributed by atoms with Crippen molar-refractivity contribution in [2.75, 3.05) is 20.7 Å². The molecule has 0 aliphatic heterocycles. The van der Waals surface area contributed by atoms with E-state index < -0.39 is 0 Å². The summed E-state index contributed by atoms with van der Waals surface area (Å²) < 4.78 is 5.17. The van der Waals surface area contributed by atoms with Gasteiger partial charge in [0.15, 0.2) is 0 Å². The van der Waals surface area contributed by atoms with Crippen LogP contribution >= 0.6 is 0 Å². The molecule has 0 N–H and O–H groups in total. The summed E-state index contributed by atoms with van der Waals surface area (Å²) in [6.07, 6.45) is 6.62. The first-order valence-electron chi connectivity index (χ1n) is 7.72. The second-order valence-corrected chi connectivity index (χ2v) is 6.69. The zero-order valence-corrected chi connectivity index (χ0v) is 13.4. The van der Waals surface area contributed by atoms with Gasteiger partial charge in [0.25, 0.3) is 0 Å². The Kier molecular flexibility index (Phi) is 6.31. The summed E-state index contributed by atoms with van der Waals surface area (Å²) >= 11 is 0. The van der Waals surface area contributed by atoms with Crippen LogP contribution < -0.4 is 0 Å². The average Bonchev–Trinajstić information content (AvgIpc) is 2.28. The average molecular weight is 269 g/mol. The monoisotopic (exact) mass is 269 g/mol. The predicted octanol–water partition coefficient (Wildman–Crippen LogP) is 3.48. The van der Waals surface area contributed by atoms with E-state index in [1.807, 2.05) is 6.92 Å². The second-order valence-electron chi connectivity index (χ2n) is 6.69. The van der Waals surface area contributed by atoms with Crippen LogP contribution in [-0.4, -0.2) is 37.1 Å². The number of carbonyl (C=O) groups is 1. The van der Waals surface area contributed by atoms with E-state index >= 15 is 0 Å². The van der Waals surface area contributed by atoms with E-state index in [0.717, 1.165) is 24.7 Å². The largest absolute Gasteiger partial charge is 0.466 e. The molecule has 0 aromatic rings. The SMILES string of the molecule is CCOC(=O)CC1(N(C)C)CCCC(CC(C)C)C1. The van der Waals surface area contributed by atoms with Crippen molar-refractivity contribution < 1.29 is 9.53 Å². The Morgan fingerprint density at radius 1 is 1.42 bits per heavy atom. The lowest BCUT2D eigenvalue weighted by Gasteiger charge is -2.45. The molecular weight excluding hydrogens is 238 g/mol. The lowest BCUT2D eigenvalue weighted by molar-refractivity contribution is -0.147. The number of ether oxygens (including phenoxy) is 1. The molecule has 0 radical (unpaired) electrons. The highest BCUT2D eigenvalue weighted by Crippen LogP contribution is 2.40. The highest BCUT2D eigenvalue weighted by molar-refractivity contribution is 5.71. The smallest absolute Gasteiger partial charge is 0.307 e. The van der Waals surface area contributed by atoms with Gasteiger partial charge in [-0.2, -0.15) is 0 Å². The fraction of sp³-hybridized carbons (Fsp3) is 0.938. The minimum absolute atomic E-state index is 0.0179. The summed E-state index contributed by atoms with van der Waals surface area (Å²) in [6, 6.07) is 0. The Morgan fingerprint density at radius 2 is 2.11 bits per heavy atom. The molecule has 3 heteroatoms. The van der Waals surface area contributed by atoms with Gasteiger partial charge in [-0.1, -0.05) is 26.7 Å². The van der Waals surface area contributed by atoms with E-state index in [2.05, 4.69) is 32.8 Å². The molecule has 1 fully saturated rings. The van der Waals surface area contributed by atoms with E-state index in [1.165, 1.54) is 19.3 Å². The molecule has 0 saturated heterocycles. The first kappa shape index (κ1) is 16.5. The molecule has 19 heavy (non-hydrogen) atoms. The molecule has 1 aliphatic carbocycles. The van der Waals surface area contributed by atoms with Gasteiger partial charge in [0.1, 0.15) is 0 Å². The third kappa shape index (κ3) is 4.79. The maximum Gasteiger partial charge on any atom is 0.307 e. The van der Waals surface area contributed by atoms with Gasteiger partial charge in [0.2, 0.25) is 0 Å². The van der Waals surface area contributed by atoms with E-state index in [1.54, 1.807) is 0 Å². The van der Waals surface area contributed by atoms with Gasteiger partial charge in [0.05, 0.1) is 13.0 Å². The normalized spacial score (nSPS) is 27.8. The van der Waals surface area contributed by atoms with Gasteiger partial charge in [-0.05, 0) is 52.1 Å². The van der Waals surface area contributed by atoms with E-state index in [4.69, 9.17) is 4.74 Å². The van der Waals surface area contributed by atoms with Crippen molar-refractivity contribution in [2.45, 2.75) is 64.8 Å². The minimum atomic E-state index is -0.0404. The van der Waals surface area contributed by atoms with Crippen molar-refractivity contribution in [1.82, 2.24) is 4.90 Å². The van der Waals surface area contributed by atoms with Gasteiger partial charge in [-0.15, -0.1) is 0 Å². The van der Waals surface area contributed by atoms with Crippen LogP contribution in [-0.2, 0) is 9.53 Å². The van der Waals surface area contributed by atoms with Gasteiger partial charge >= 0.3 is 5.97 Å². The Balaban J connectivity index is 2.72. The van der Waals surface area contributed by atoms with Gasteiger partial charge in [-0.25, -0.2) is 0 Å². The van der Waals surface area contributed by atoms with E-state index in [0.29, 0.717) is 13.0 Å². The van der Waals surface area contributed by atoms with Crippen LogP contribution in [0.15, 0.2) is 0 Å². The summed E-state index contributed by atoms with van der Waals surface area (Å²) in [5.74, 6) is 1.46. The number of hydrogen-bond acceptors (Lipinski definition) is 3. The van der Waals surface area contributed by atoms with Crippen LogP contribution in [0.1, 0.15) is 59.3 Å². The molecule has 2 unspecified atom stereocenters. The maximum atomic E-state index is 11.9. The lowest BCUT2D eigenvalue weighted by Crippen LogP contribution is -2.49. The number of hydrogen-bond donors (Lipinski definition) is 0. The van der Waals surface area contributed by atoms with Crippen molar-refractivity contribution in [1.29, 1.82) is 0 Å². The third-order valence-electron chi connectivity index (χ3n) is 4.46. The number of rotatable bonds is 6.